The molecular weight excluding hydrogens is 524 g/mol. The van der Waals surface area contributed by atoms with Gasteiger partial charge in [-0.15, -0.1) is 0 Å². The summed E-state index contributed by atoms with van der Waals surface area (Å²) >= 11 is 0. The average molecular weight is 551 g/mol. The lowest BCUT2D eigenvalue weighted by Crippen LogP contribution is -2.50. The van der Waals surface area contributed by atoms with Crippen LogP contribution in [0.1, 0.15) is 18.1 Å². The molecule has 0 aromatic heterocycles. The summed E-state index contributed by atoms with van der Waals surface area (Å²) in [6.07, 6.45) is -2.95. The number of nitrogens with one attached hydrogen (secondary N) is 1. The number of rotatable bonds is 8. The van der Waals surface area contributed by atoms with Crippen molar-refractivity contribution in [3.8, 4) is 11.1 Å². The van der Waals surface area contributed by atoms with E-state index in [0.29, 0.717) is 11.6 Å². The molecule has 0 bridgehead atoms. The van der Waals surface area contributed by atoms with Gasteiger partial charge in [0.05, 0.1) is 24.4 Å². The van der Waals surface area contributed by atoms with Gasteiger partial charge in [0.2, 0.25) is 10.0 Å². The van der Waals surface area contributed by atoms with Gasteiger partial charge in [0.25, 0.3) is 0 Å². The lowest BCUT2D eigenvalue weighted by molar-refractivity contribution is 0.0894. The molecule has 38 heavy (non-hydrogen) atoms. The summed E-state index contributed by atoms with van der Waals surface area (Å²) in [4.78, 5) is 14.0. The molecule has 3 atom stereocenters. The number of alkyl halides is 1. The van der Waals surface area contributed by atoms with E-state index in [2.05, 4.69) is 4.72 Å². The second-order valence-corrected chi connectivity index (χ2v) is 11.0. The first-order valence-corrected chi connectivity index (χ1v) is 13.6. The highest BCUT2D eigenvalue weighted by molar-refractivity contribution is 7.89. The number of carbonyl (C=O) groups is 1. The number of sulfonamides is 1. The number of nitrogens with zero attached hydrogens (tertiary/aromatic N) is 1. The van der Waals surface area contributed by atoms with Crippen molar-refractivity contribution in [2.75, 3.05) is 12.3 Å². The fourth-order valence-corrected chi connectivity index (χ4v) is 5.35. The van der Waals surface area contributed by atoms with Crippen LogP contribution in [-0.4, -0.2) is 50.0 Å². The zero-order valence-electron chi connectivity index (χ0n) is 20.4. The predicted octanol–water partition coefficient (Wildman–Crippen LogP) is 4.98. The van der Waals surface area contributed by atoms with Crippen LogP contribution < -0.4 is 4.72 Å². The van der Waals surface area contributed by atoms with Gasteiger partial charge in [-0.25, -0.2) is 35.5 Å². The van der Waals surface area contributed by atoms with Crippen LogP contribution in [0, 0.1) is 17.5 Å². The summed E-state index contributed by atoms with van der Waals surface area (Å²) in [5.74, 6) is -2.92. The van der Waals surface area contributed by atoms with E-state index in [4.69, 9.17) is 4.74 Å². The van der Waals surface area contributed by atoms with E-state index in [1.165, 1.54) is 25.1 Å². The molecule has 0 radical (unpaired) electrons. The molecule has 6 nitrogen and oxygen atoms in total. The van der Waals surface area contributed by atoms with E-state index in [-0.39, 0.29) is 35.5 Å². The summed E-state index contributed by atoms with van der Waals surface area (Å²) in [7, 11) is -3.88. The number of amides is 1. The van der Waals surface area contributed by atoms with Crippen LogP contribution in [-0.2, 0) is 27.8 Å². The Hall–Kier alpha value is -3.44. The number of hydrogen-bond acceptors (Lipinski definition) is 4. The fraction of sp³-hybridized carbons (Fsp3) is 0.296. The van der Waals surface area contributed by atoms with E-state index in [1.54, 1.807) is 30.3 Å². The van der Waals surface area contributed by atoms with Gasteiger partial charge in [0.15, 0.2) is 0 Å². The van der Waals surface area contributed by atoms with Gasteiger partial charge in [-0.1, -0.05) is 48.5 Å². The molecule has 1 aliphatic heterocycles. The SMILES string of the molecule is CCS(=O)(=O)N[C@H]1[C@@H](F)CN(C(=O)OCc2ccccc2)[C@H]1Cc1cccc(-c2cc(F)cc(F)c2)c1F. The van der Waals surface area contributed by atoms with Gasteiger partial charge in [-0.2, -0.15) is 0 Å². The Morgan fingerprint density at radius 2 is 1.71 bits per heavy atom. The van der Waals surface area contributed by atoms with Crippen LogP contribution >= 0.6 is 0 Å². The molecule has 1 fully saturated rings. The molecule has 0 spiro atoms. The Labute approximate surface area is 218 Å². The molecule has 11 heteroatoms. The Morgan fingerprint density at radius 3 is 2.37 bits per heavy atom. The number of benzene rings is 3. The van der Waals surface area contributed by atoms with Crippen molar-refractivity contribution in [2.24, 2.45) is 0 Å². The quantitative estimate of drug-likeness (QED) is 0.402. The summed E-state index contributed by atoms with van der Waals surface area (Å²) < 4.78 is 90.5. The monoisotopic (exact) mass is 550 g/mol. The van der Waals surface area contributed by atoms with Gasteiger partial charge in [-0.05, 0) is 42.2 Å². The third-order valence-corrected chi connectivity index (χ3v) is 7.78. The molecule has 0 unspecified atom stereocenters. The zero-order chi connectivity index (χ0) is 27.4. The van der Waals surface area contributed by atoms with Gasteiger partial charge in [-0.3, -0.25) is 0 Å². The minimum Gasteiger partial charge on any atom is -0.445 e. The molecule has 0 aliphatic carbocycles. The third-order valence-electron chi connectivity index (χ3n) is 6.39. The maximum Gasteiger partial charge on any atom is 0.410 e. The van der Waals surface area contributed by atoms with Crippen molar-refractivity contribution in [3.05, 3.63) is 95.3 Å². The predicted molar refractivity (Wildman–Crippen MR) is 134 cm³/mol. The van der Waals surface area contributed by atoms with E-state index in [1.807, 2.05) is 0 Å². The van der Waals surface area contributed by atoms with Crippen molar-refractivity contribution < 1.29 is 35.5 Å². The van der Waals surface area contributed by atoms with Crippen molar-refractivity contribution in [2.45, 2.75) is 38.2 Å². The molecular formula is C27H26F4N2O4S. The largest absolute Gasteiger partial charge is 0.445 e. The van der Waals surface area contributed by atoms with Crippen LogP contribution in [0.15, 0.2) is 66.7 Å². The maximum atomic E-state index is 15.6. The van der Waals surface area contributed by atoms with Gasteiger partial charge in [0, 0.05) is 11.6 Å². The maximum absolute atomic E-state index is 15.6. The Balaban J connectivity index is 1.65. The van der Waals surface area contributed by atoms with Crippen molar-refractivity contribution in [3.63, 3.8) is 0 Å². The lowest BCUT2D eigenvalue weighted by Gasteiger charge is -2.28. The van der Waals surface area contributed by atoms with Crippen LogP contribution in [0.4, 0.5) is 22.4 Å². The highest BCUT2D eigenvalue weighted by Gasteiger charge is 2.47. The van der Waals surface area contributed by atoms with Crippen molar-refractivity contribution >= 4 is 16.1 Å². The van der Waals surface area contributed by atoms with Crippen molar-refractivity contribution in [1.29, 1.82) is 0 Å². The van der Waals surface area contributed by atoms with Crippen LogP contribution in [0.2, 0.25) is 0 Å². The van der Waals surface area contributed by atoms with Crippen LogP contribution in [0.3, 0.4) is 0 Å². The molecule has 3 aromatic rings. The minimum absolute atomic E-state index is 0.00725. The highest BCUT2D eigenvalue weighted by atomic mass is 32.2. The summed E-state index contributed by atoms with van der Waals surface area (Å²) in [6.45, 7) is 0.818. The van der Waals surface area contributed by atoms with Gasteiger partial charge in [0.1, 0.15) is 30.2 Å². The second-order valence-electron chi connectivity index (χ2n) is 8.96. The number of hydrogen-bond donors (Lipinski definition) is 1. The summed E-state index contributed by atoms with van der Waals surface area (Å²) in [5, 5.41) is 0. The molecule has 4 rings (SSSR count). The number of carbonyl (C=O) groups excluding carboxylic acids is 1. The average Bonchev–Trinajstić information content (AvgIpc) is 3.18. The molecule has 0 saturated carbocycles. The normalized spacial score (nSPS) is 19.5. The first-order valence-electron chi connectivity index (χ1n) is 11.9. The van der Waals surface area contributed by atoms with E-state index >= 15 is 8.78 Å². The first-order chi connectivity index (χ1) is 18.1. The number of likely N-dealkylation sites (tertiary alicyclic amines) is 1. The van der Waals surface area contributed by atoms with Crippen molar-refractivity contribution in [1.82, 2.24) is 9.62 Å². The topological polar surface area (TPSA) is 75.7 Å². The van der Waals surface area contributed by atoms with E-state index in [9.17, 15) is 22.0 Å². The van der Waals surface area contributed by atoms with Gasteiger partial charge < -0.3 is 9.64 Å². The minimum atomic E-state index is -3.88. The Bertz CT molecular complexity index is 1390. The fourth-order valence-electron chi connectivity index (χ4n) is 4.46. The Kier molecular flexibility index (Phi) is 8.37. The lowest BCUT2D eigenvalue weighted by atomic mass is 9.95. The molecule has 1 N–H and O–H groups in total. The molecule has 3 aromatic carbocycles. The molecule has 1 aliphatic rings. The Morgan fingerprint density at radius 1 is 1.03 bits per heavy atom. The second kappa shape index (κ2) is 11.5. The number of halogens is 4. The third kappa shape index (κ3) is 6.33. The smallest absolute Gasteiger partial charge is 0.410 e. The van der Waals surface area contributed by atoms with Crippen LogP contribution in [0.5, 0.6) is 0 Å². The molecule has 1 amide bonds. The standard InChI is InChI=1S/C27H26F4N2O4S/c1-2-38(35,36)32-26-23(30)15-33(27(34)37-16-17-7-4-3-5-8-17)24(26)13-18-9-6-10-22(25(18)31)19-11-20(28)14-21(29)12-19/h3-12,14,23-24,26,32H,2,13,15-16H2,1H3/t23-,24-,26-/m0/s1. The van der Waals surface area contributed by atoms with Gasteiger partial charge >= 0.3 is 6.09 Å². The van der Waals surface area contributed by atoms with E-state index < -0.39 is 58.4 Å². The zero-order valence-corrected chi connectivity index (χ0v) is 21.2. The number of ether oxygens (including phenoxy) is 1. The van der Waals surface area contributed by atoms with E-state index in [0.717, 1.165) is 17.0 Å². The molecule has 202 valence electrons. The highest BCUT2D eigenvalue weighted by Crippen LogP contribution is 2.31. The first kappa shape index (κ1) is 27.6. The molecule has 1 heterocycles. The summed E-state index contributed by atoms with van der Waals surface area (Å²) in [6, 6.07) is 13.1. The summed E-state index contributed by atoms with van der Waals surface area (Å²) in [5.41, 5.74) is 0.559. The molecule has 1 saturated heterocycles. The van der Waals surface area contributed by atoms with Crippen LogP contribution in [0.25, 0.3) is 11.1 Å².